The molecule has 5 rings (SSSR count). The number of alkyl halides is 3. The number of piperidine rings is 1. The van der Waals surface area contributed by atoms with Crippen LogP contribution < -0.4 is 4.90 Å². The fourth-order valence-corrected chi connectivity index (χ4v) is 7.04. The summed E-state index contributed by atoms with van der Waals surface area (Å²) in [5.74, 6) is 0.390. The summed E-state index contributed by atoms with van der Waals surface area (Å²) in [4.78, 5) is 6.64. The Morgan fingerprint density at radius 2 is 1.69 bits per heavy atom. The molecule has 0 saturated carbocycles. The van der Waals surface area contributed by atoms with Crippen LogP contribution >= 0.6 is 11.5 Å². The molecule has 2 saturated heterocycles. The van der Waals surface area contributed by atoms with E-state index in [1.807, 2.05) is 0 Å². The number of hydrogen-bond donors (Lipinski definition) is 0. The van der Waals surface area contributed by atoms with Crippen LogP contribution in [0.4, 0.5) is 22.7 Å². The number of rotatable bonds is 6. The van der Waals surface area contributed by atoms with E-state index in [1.54, 1.807) is 12.1 Å². The molecule has 12 heteroatoms. The lowest BCUT2D eigenvalue weighted by atomic mass is 9.73. The van der Waals surface area contributed by atoms with Crippen molar-refractivity contribution in [1.82, 2.24) is 13.7 Å². The zero-order valence-electron chi connectivity index (χ0n) is 19.2. The molecule has 0 N–H and O–H groups in total. The van der Waals surface area contributed by atoms with E-state index in [2.05, 4.69) is 14.3 Å². The minimum absolute atomic E-state index is 0.00700. The summed E-state index contributed by atoms with van der Waals surface area (Å²) in [6.07, 6.45) is -3.69. The van der Waals surface area contributed by atoms with Gasteiger partial charge in [0.05, 0.1) is 11.3 Å². The fourth-order valence-electron chi connectivity index (χ4n) is 4.84. The lowest BCUT2D eigenvalue weighted by molar-refractivity contribution is -0.127. The van der Waals surface area contributed by atoms with E-state index in [0.29, 0.717) is 38.2 Å². The SMILES string of the molecule is O=S(=O)(c1cccc(CC(F)(F)F)c1)N1CCC2(CC1)CN(c1nc(Cc3ccc(F)cc3)ns1)C2. The summed E-state index contributed by atoms with van der Waals surface area (Å²) in [6, 6.07) is 11.4. The van der Waals surface area contributed by atoms with Crippen molar-refractivity contribution in [2.45, 2.75) is 36.8 Å². The molecular formula is C24H24F4N4O2S2. The smallest absolute Gasteiger partial charge is 0.346 e. The maximum absolute atomic E-state index is 13.1. The summed E-state index contributed by atoms with van der Waals surface area (Å²) < 4.78 is 83.3. The van der Waals surface area contributed by atoms with Crippen LogP contribution in [0.1, 0.15) is 29.8 Å². The molecule has 1 spiro atoms. The van der Waals surface area contributed by atoms with Crippen LogP contribution in [0.25, 0.3) is 0 Å². The molecule has 0 radical (unpaired) electrons. The zero-order valence-corrected chi connectivity index (χ0v) is 20.8. The van der Waals surface area contributed by atoms with Gasteiger partial charge in [0, 0.05) is 49.5 Å². The summed E-state index contributed by atoms with van der Waals surface area (Å²) in [6.45, 7) is 2.16. The maximum Gasteiger partial charge on any atom is 0.393 e. The lowest BCUT2D eigenvalue weighted by Crippen LogP contribution is -2.61. The number of anilines is 1. The van der Waals surface area contributed by atoms with Gasteiger partial charge in [0.15, 0.2) is 0 Å². The average Bonchev–Trinajstić information content (AvgIpc) is 3.26. The summed E-state index contributed by atoms with van der Waals surface area (Å²) in [7, 11) is -3.86. The van der Waals surface area contributed by atoms with Gasteiger partial charge in [0.25, 0.3) is 0 Å². The van der Waals surface area contributed by atoms with Gasteiger partial charge in [0.2, 0.25) is 15.2 Å². The first-order valence-corrected chi connectivity index (χ1v) is 13.7. The molecule has 2 fully saturated rings. The Bertz CT molecular complexity index is 1330. The first-order valence-electron chi connectivity index (χ1n) is 11.5. The molecule has 3 heterocycles. The molecule has 0 atom stereocenters. The minimum Gasteiger partial charge on any atom is -0.346 e. The Morgan fingerprint density at radius 3 is 2.36 bits per heavy atom. The average molecular weight is 541 g/mol. The van der Waals surface area contributed by atoms with Gasteiger partial charge in [-0.1, -0.05) is 24.3 Å². The van der Waals surface area contributed by atoms with E-state index in [4.69, 9.17) is 0 Å². The van der Waals surface area contributed by atoms with E-state index in [1.165, 1.54) is 46.2 Å². The van der Waals surface area contributed by atoms with E-state index in [0.717, 1.165) is 29.9 Å². The highest BCUT2D eigenvalue weighted by atomic mass is 32.2. The van der Waals surface area contributed by atoms with Crippen molar-refractivity contribution < 1.29 is 26.0 Å². The van der Waals surface area contributed by atoms with Crippen LogP contribution in [-0.4, -0.2) is 54.4 Å². The molecule has 0 aliphatic carbocycles. The molecule has 192 valence electrons. The molecule has 2 aliphatic rings. The third kappa shape index (κ3) is 5.40. The second-order valence-corrected chi connectivity index (χ2v) is 12.2. The van der Waals surface area contributed by atoms with Crippen LogP contribution in [0.2, 0.25) is 0 Å². The van der Waals surface area contributed by atoms with Crippen LogP contribution in [0.3, 0.4) is 0 Å². The van der Waals surface area contributed by atoms with Gasteiger partial charge in [-0.15, -0.1) is 0 Å². The Hall–Kier alpha value is -2.57. The minimum atomic E-state index is -4.40. The molecule has 2 aliphatic heterocycles. The normalized spacial score (nSPS) is 18.4. The second kappa shape index (κ2) is 9.38. The number of aromatic nitrogens is 2. The van der Waals surface area contributed by atoms with Gasteiger partial charge in [-0.2, -0.15) is 21.9 Å². The predicted octanol–water partition coefficient (Wildman–Crippen LogP) is 4.66. The van der Waals surface area contributed by atoms with E-state index in [-0.39, 0.29) is 21.7 Å². The van der Waals surface area contributed by atoms with E-state index < -0.39 is 22.6 Å². The number of nitrogens with zero attached hydrogens (tertiary/aromatic N) is 4. The van der Waals surface area contributed by atoms with Crippen LogP contribution in [-0.2, 0) is 22.9 Å². The highest BCUT2D eigenvalue weighted by molar-refractivity contribution is 7.89. The molecule has 0 bridgehead atoms. The number of benzene rings is 2. The zero-order chi connectivity index (χ0) is 25.6. The Kier molecular flexibility index (Phi) is 6.54. The molecule has 0 unspecified atom stereocenters. The highest BCUT2D eigenvalue weighted by Gasteiger charge is 2.47. The first-order chi connectivity index (χ1) is 17.0. The van der Waals surface area contributed by atoms with Crippen molar-refractivity contribution >= 4 is 26.7 Å². The fraction of sp³-hybridized carbons (Fsp3) is 0.417. The molecule has 1 aromatic heterocycles. The van der Waals surface area contributed by atoms with Gasteiger partial charge in [-0.3, -0.25) is 0 Å². The Labute approximate surface area is 210 Å². The summed E-state index contributed by atoms with van der Waals surface area (Å²) in [5, 5.41) is 0.814. The van der Waals surface area contributed by atoms with Crippen molar-refractivity contribution in [2.75, 3.05) is 31.1 Å². The molecular weight excluding hydrogens is 516 g/mol. The number of halogens is 4. The van der Waals surface area contributed by atoms with E-state index in [9.17, 15) is 26.0 Å². The van der Waals surface area contributed by atoms with Crippen molar-refractivity contribution in [3.05, 3.63) is 71.3 Å². The van der Waals surface area contributed by atoms with E-state index >= 15 is 0 Å². The number of hydrogen-bond acceptors (Lipinski definition) is 6. The maximum atomic E-state index is 13.1. The highest BCUT2D eigenvalue weighted by Crippen LogP contribution is 2.44. The molecule has 0 amide bonds. The third-order valence-corrected chi connectivity index (χ3v) is 9.49. The first kappa shape index (κ1) is 25.1. The quantitative estimate of drug-likeness (QED) is 0.426. The largest absolute Gasteiger partial charge is 0.393 e. The van der Waals surface area contributed by atoms with Crippen LogP contribution in [0, 0.1) is 11.2 Å². The number of sulfonamides is 1. The van der Waals surface area contributed by atoms with Crippen molar-refractivity contribution in [3.63, 3.8) is 0 Å². The lowest BCUT2D eigenvalue weighted by Gasteiger charge is -2.53. The van der Waals surface area contributed by atoms with Crippen LogP contribution in [0.15, 0.2) is 53.4 Å². The molecule has 2 aromatic carbocycles. The monoisotopic (exact) mass is 540 g/mol. The molecule has 6 nitrogen and oxygen atoms in total. The third-order valence-electron chi connectivity index (χ3n) is 6.78. The van der Waals surface area contributed by atoms with Crippen LogP contribution in [0.5, 0.6) is 0 Å². The summed E-state index contributed by atoms with van der Waals surface area (Å²) >= 11 is 1.31. The van der Waals surface area contributed by atoms with Gasteiger partial charge >= 0.3 is 6.18 Å². The van der Waals surface area contributed by atoms with Gasteiger partial charge < -0.3 is 4.90 Å². The molecule has 3 aromatic rings. The Balaban J connectivity index is 1.17. The second-order valence-electron chi connectivity index (χ2n) is 9.50. The van der Waals surface area contributed by atoms with Gasteiger partial charge in [0.1, 0.15) is 11.6 Å². The topological polar surface area (TPSA) is 66.4 Å². The predicted molar refractivity (Wildman–Crippen MR) is 128 cm³/mol. The van der Waals surface area contributed by atoms with Gasteiger partial charge in [-0.25, -0.2) is 17.8 Å². The Morgan fingerprint density at radius 1 is 1.00 bits per heavy atom. The summed E-state index contributed by atoms with van der Waals surface area (Å²) in [5.41, 5.74) is 0.855. The standard InChI is InChI=1S/C24H24F4N4O2S2/c25-19-6-4-17(5-7-19)13-21-29-22(35-30-21)31-15-23(16-31)8-10-32(11-9-23)36(33,34)20-3-1-2-18(12-20)14-24(26,27)28/h1-7,12H,8-11,13-16H2. The van der Waals surface area contributed by atoms with Crippen molar-refractivity contribution in [1.29, 1.82) is 0 Å². The van der Waals surface area contributed by atoms with Crippen molar-refractivity contribution in [3.8, 4) is 0 Å². The van der Waals surface area contributed by atoms with Gasteiger partial charge in [-0.05, 0) is 48.2 Å². The molecule has 36 heavy (non-hydrogen) atoms. The van der Waals surface area contributed by atoms with Crippen molar-refractivity contribution in [2.24, 2.45) is 5.41 Å².